The second-order valence-corrected chi connectivity index (χ2v) is 5.70. The SMILES string of the molecule is CCOC(=O)c1nc(N(C)CC(C)CC)sc1C. The number of carbonyl (C=O) groups excluding carboxylic acids is 1. The molecule has 0 amide bonds. The van der Waals surface area contributed by atoms with E-state index in [4.69, 9.17) is 4.74 Å². The molecule has 0 spiro atoms. The minimum atomic E-state index is -0.325. The number of aryl methyl sites for hydroxylation is 1. The summed E-state index contributed by atoms with van der Waals surface area (Å²) in [6.45, 7) is 9.43. The van der Waals surface area contributed by atoms with Crippen molar-refractivity contribution in [1.29, 1.82) is 0 Å². The van der Waals surface area contributed by atoms with Crippen molar-refractivity contribution in [2.75, 3.05) is 25.1 Å². The maximum absolute atomic E-state index is 11.7. The maximum Gasteiger partial charge on any atom is 0.358 e. The topological polar surface area (TPSA) is 42.4 Å². The molecule has 0 aliphatic heterocycles. The van der Waals surface area contributed by atoms with Crippen molar-refractivity contribution >= 4 is 22.4 Å². The number of nitrogens with zero attached hydrogens (tertiary/aromatic N) is 2. The first-order valence-corrected chi connectivity index (χ1v) is 7.16. The lowest BCUT2D eigenvalue weighted by atomic mass is 10.1. The van der Waals surface area contributed by atoms with E-state index in [-0.39, 0.29) is 5.97 Å². The summed E-state index contributed by atoms with van der Waals surface area (Å²) in [7, 11) is 2.01. The third-order valence-corrected chi connectivity index (χ3v) is 3.95. The summed E-state index contributed by atoms with van der Waals surface area (Å²) in [6, 6.07) is 0. The van der Waals surface area contributed by atoms with Gasteiger partial charge >= 0.3 is 5.97 Å². The summed E-state index contributed by atoms with van der Waals surface area (Å²) >= 11 is 1.54. The number of hydrogen-bond acceptors (Lipinski definition) is 5. The molecule has 0 fully saturated rings. The molecule has 18 heavy (non-hydrogen) atoms. The Morgan fingerprint density at radius 3 is 2.72 bits per heavy atom. The number of ether oxygens (including phenoxy) is 1. The van der Waals surface area contributed by atoms with Crippen molar-refractivity contribution in [3.8, 4) is 0 Å². The molecular formula is C13H22N2O2S. The summed E-state index contributed by atoms with van der Waals surface area (Å²) in [6.07, 6.45) is 1.14. The molecule has 0 saturated carbocycles. The van der Waals surface area contributed by atoms with Gasteiger partial charge in [-0.15, -0.1) is 11.3 Å². The van der Waals surface area contributed by atoms with Gasteiger partial charge in [-0.1, -0.05) is 20.3 Å². The molecular weight excluding hydrogens is 248 g/mol. The highest BCUT2D eigenvalue weighted by molar-refractivity contribution is 7.15. The van der Waals surface area contributed by atoms with Crippen LogP contribution in [-0.4, -0.2) is 31.2 Å². The van der Waals surface area contributed by atoms with Gasteiger partial charge in [0.2, 0.25) is 0 Å². The normalized spacial score (nSPS) is 12.3. The molecule has 4 nitrogen and oxygen atoms in total. The van der Waals surface area contributed by atoms with E-state index in [1.54, 1.807) is 18.3 Å². The number of hydrogen-bond donors (Lipinski definition) is 0. The summed E-state index contributed by atoms with van der Waals surface area (Å²) in [5, 5.41) is 0.885. The van der Waals surface area contributed by atoms with Gasteiger partial charge in [-0.2, -0.15) is 0 Å². The van der Waals surface area contributed by atoms with Crippen LogP contribution in [0.5, 0.6) is 0 Å². The Labute approximate surface area is 113 Å². The van der Waals surface area contributed by atoms with Gasteiger partial charge in [0, 0.05) is 18.5 Å². The van der Waals surface area contributed by atoms with Crippen molar-refractivity contribution in [3.63, 3.8) is 0 Å². The minimum absolute atomic E-state index is 0.325. The van der Waals surface area contributed by atoms with E-state index >= 15 is 0 Å². The second kappa shape index (κ2) is 6.73. The molecule has 0 aliphatic carbocycles. The predicted octanol–water partition coefficient (Wildman–Crippen LogP) is 3.11. The van der Waals surface area contributed by atoms with E-state index in [0.717, 1.165) is 23.0 Å². The lowest BCUT2D eigenvalue weighted by Crippen LogP contribution is -2.23. The molecule has 1 rings (SSSR count). The highest BCUT2D eigenvalue weighted by Gasteiger charge is 2.18. The third kappa shape index (κ3) is 3.70. The average molecular weight is 270 g/mol. The molecule has 0 saturated heterocycles. The van der Waals surface area contributed by atoms with Crippen LogP contribution in [0.4, 0.5) is 5.13 Å². The first-order chi connectivity index (χ1) is 8.49. The molecule has 1 unspecified atom stereocenters. The highest BCUT2D eigenvalue weighted by Crippen LogP contribution is 2.26. The van der Waals surface area contributed by atoms with E-state index in [0.29, 0.717) is 18.2 Å². The van der Waals surface area contributed by atoms with E-state index in [1.807, 2.05) is 14.0 Å². The van der Waals surface area contributed by atoms with Gasteiger partial charge in [0.15, 0.2) is 10.8 Å². The first-order valence-electron chi connectivity index (χ1n) is 6.35. The molecule has 5 heteroatoms. The number of rotatable bonds is 6. The van der Waals surface area contributed by atoms with E-state index in [9.17, 15) is 4.79 Å². The molecule has 0 aliphatic rings. The van der Waals surface area contributed by atoms with Gasteiger partial charge in [-0.25, -0.2) is 9.78 Å². The van der Waals surface area contributed by atoms with Crippen molar-refractivity contribution in [3.05, 3.63) is 10.6 Å². The Morgan fingerprint density at radius 1 is 1.50 bits per heavy atom. The highest BCUT2D eigenvalue weighted by atomic mass is 32.1. The Bertz CT molecular complexity index is 404. The van der Waals surface area contributed by atoms with Crippen molar-refractivity contribution < 1.29 is 9.53 Å². The zero-order valence-electron chi connectivity index (χ0n) is 11.8. The molecule has 1 heterocycles. The Balaban J connectivity index is 2.80. The van der Waals surface area contributed by atoms with Crippen LogP contribution >= 0.6 is 11.3 Å². The van der Waals surface area contributed by atoms with Crippen LogP contribution in [0.15, 0.2) is 0 Å². The molecule has 0 radical (unpaired) electrons. The molecule has 1 aromatic rings. The molecule has 0 bridgehead atoms. The maximum atomic E-state index is 11.7. The second-order valence-electron chi connectivity index (χ2n) is 4.52. The molecule has 102 valence electrons. The Morgan fingerprint density at radius 2 is 2.17 bits per heavy atom. The third-order valence-electron chi connectivity index (χ3n) is 2.86. The molecule has 1 aromatic heterocycles. The van der Waals surface area contributed by atoms with E-state index < -0.39 is 0 Å². The fourth-order valence-corrected chi connectivity index (χ4v) is 2.48. The largest absolute Gasteiger partial charge is 0.461 e. The smallest absolute Gasteiger partial charge is 0.358 e. The van der Waals surface area contributed by atoms with E-state index in [1.165, 1.54) is 0 Å². The summed E-state index contributed by atoms with van der Waals surface area (Å²) < 4.78 is 4.99. The van der Waals surface area contributed by atoms with E-state index in [2.05, 4.69) is 23.7 Å². The number of anilines is 1. The number of aromatic nitrogens is 1. The standard InChI is InChI=1S/C13H22N2O2S/c1-6-9(3)8-15(5)13-14-11(10(4)18-13)12(16)17-7-2/h9H,6-8H2,1-5H3. The van der Waals surface area contributed by atoms with Crippen LogP contribution in [0.3, 0.4) is 0 Å². The number of thiazole rings is 1. The van der Waals surface area contributed by atoms with Gasteiger partial charge in [0.25, 0.3) is 0 Å². The van der Waals surface area contributed by atoms with Crippen LogP contribution < -0.4 is 4.90 Å². The lowest BCUT2D eigenvalue weighted by Gasteiger charge is -2.19. The zero-order valence-corrected chi connectivity index (χ0v) is 12.6. The summed E-state index contributed by atoms with van der Waals surface area (Å²) in [4.78, 5) is 19.1. The average Bonchev–Trinajstić information content (AvgIpc) is 2.71. The Hall–Kier alpha value is -1.10. The van der Waals surface area contributed by atoms with Crippen LogP contribution in [0.2, 0.25) is 0 Å². The molecule has 0 N–H and O–H groups in total. The van der Waals surface area contributed by atoms with Crippen LogP contribution in [0, 0.1) is 12.8 Å². The quantitative estimate of drug-likeness (QED) is 0.745. The fourth-order valence-electron chi connectivity index (χ4n) is 1.61. The number of carbonyl (C=O) groups is 1. The van der Waals surface area contributed by atoms with Gasteiger partial charge in [-0.3, -0.25) is 0 Å². The fraction of sp³-hybridized carbons (Fsp3) is 0.692. The van der Waals surface area contributed by atoms with Crippen LogP contribution in [-0.2, 0) is 4.74 Å². The molecule has 0 aromatic carbocycles. The Kier molecular flexibility index (Phi) is 5.59. The monoisotopic (exact) mass is 270 g/mol. The zero-order chi connectivity index (χ0) is 13.7. The molecule has 1 atom stereocenters. The lowest BCUT2D eigenvalue weighted by molar-refractivity contribution is 0.0519. The summed E-state index contributed by atoms with van der Waals surface area (Å²) in [5.41, 5.74) is 0.452. The first kappa shape index (κ1) is 15.0. The van der Waals surface area contributed by atoms with Crippen molar-refractivity contribution in [1.82, 2.24) is 4.98 Å². The van der Waals surface area contributed by atoms with Gasteiger partial charge in [-0.05, 0) is 19.8 Å². The van der Waals surface area contributed by atoms with Gasteiger partial charge in [0.1, 0.15) is 0 Å². The van der Waals surface area contributed by atoms with Crippen LogP contribution in [0.1, 0.15) is 42.6 Å². The van der Waals surface area contributed by atoms with Gasteiger partial charge in [0.05, 0.1) is 6.61 Å². The van der Waals surface area contributed by atoms with Gasteiger partial charge < -0.3 is 9.64 Å². The van der Waals surface area contributed by atoms with Crippen molar-refractivity contribution in [2.24, 2.45) is 5.92 Å². The number of esters is 1. The van der Waals surface area contributed by atoms with Crippen molar-refractivity contribution in [2.45, 2.75) is 34.1 Å². The summed E-state index contributed by atoms with van der Waals surface area (Å²) in [5.74, 6) is 0.291. The van der Waals surface area contributed by atoms with Crippen LogP contribution in [0.25, 0.3) is 0 Å². The predicted molar refractivity (Wildman–Crippen MR) is 75.5 cm³/mol. The minimum Gasteiger partial charge on any atom is -0.461 e.